The van der Waals surface area contributed by atoms with Gasteiger partial charge >= 0.3 is 5.69 Å². The molecular weight excluding hydrogens is 759 g/mol. The molecule has 0 aromatic carbocycles. The molecule has 4 N–H and O–H groups in total. The Morgan fingerprint density at radius 1 is 0.877 bits per heavy atom. The number of nitrogens with zero attached hydrogens (tertiary/aromatic N) is 4. The standard InChI is InChI=1S/C7H8O2.C6H8N2O2.C6H8O2.C5H7NO2.2C5H7NO.C4H6N2S.CH4/c1-5-3-9-4-6(2)7(5)8;1-4-3-5(9)8(2)6(10)7-4;1-4-3-6(7)5(2)8-4;1-3-5(7)6-4(2)8-3;1-4-3-6-5(2)7-4;1-4-2-5(7)6-3-4;1-3-4(2)6-7-5-3;/h3-4H,1-2H3;3H,1-2H3,(H,7,10);3,5,7H,1H2,2H3;3H,2H2,1H3,(H,6,7);3H,1-2H3;2H,3H2,1H3,(H,6,7);1-2H3;1H4. The second-order valence-electron chi connectivity index (χ2n) is 12.3. The molecule has 0 bridgehead atoms. The van der Waals surface area contributed by atoms with Gasteiger partial charge in [0, 0.05) is 55.6 Å². The molecule has 18 heteroatoms. The zero-order valence-electron chi connectivity index (χ0n) is 33.6. The van der Waals surface area contributed by atoms with Crippen LogP contribution in [0.15, 0.2) is 96.3 Å². The fraction of sp³-hybridized carbons (Fsp3) is 0.385. The van der Waals surface area contributed by atoms with Crippen molar-refractivity contribution in [3.63, 3.8) is 0 Å². The maximum atomic E-state index is 10.9. The van der Waals surface area contributed by atoms with Gasteiger partial charge in [0.25, 0.3) is 11.5 Å². The SMILES string of the molecule is C.C=C1C=C(O)C(C)O1.C=C1NC(=O)C(C)O1.CC1=CC(=O)NC1.Cc1cc(=O)n(C)c(=O)[nH]1.Cc1cnc(C)o1.Cc1cocc(C)c1=O.Cc1nsnc1C. The van der Waals surface area contributed by atoms with Gasteiger partial charge in [0.2, 0.25) is 5.91 Å². The van der Waals surface area contributed by atoms with E-state index in [1.165, 1.54) is 43.4 Å². The third-order valence-corrected chi connectivity index (χ3v) is 7.74. The van der Waals surface area contributed by atoms with Gasteiger partial charge in [-0.25, -0.2) is 9.78 Å². The van der Waals surface area contributed by atoms with Gasteiger partial charge in [0.15, 0.2) is 29.4 Å². The molecule has 2 amide bonds. The number of aryl methyl sites for hydroxylation is 7. The number of aliphatic hydroxyl groups excluding tert-OH is 1. The van der Waals surface area contributed by atoms with E-state index in [0.717, 1.165) is 39.7 Å². The highest BCUT2D eigenvalue weighted by atomic mass is 32.1. The Balaban J connectivity index is 0.000000642. The minimum atomic E-state index is -0.370. The summed E-state index contributed by atoms with van der Waals surface area (Å²) in [7, 11) is 1.43. The molecule has 1 fully saturated rings. The number of hydrogen-bond donors (Lipinski definition) is 4. The van der Waals surface area contributed by atoms with Crippen LogP contribution in [0.3, 0.4) is 0 Å². The molecule has 1 saturated heterocycles. The van der Waals surface area contributed by atoms with Crippen LogP contribution in [0, 0.1) is 48.5 Å². The third kappa shape index (κ3) is 19.7. The first-order chi connectivity index (χ1) is 26.1. The Bertz CT molecular complexity index is 2100. The normalized spacial score (nSPS) is 15.6. The number of aliphatic hydroxyl groups is 1. The predicted octanol–water partition coefficient (Wildman–Crippen LogP) is 5.14. The van der Waals surface area contributed by atoms with Crippen molar-refractivity contribution >= 4 is 23.5 Å². The molecular formula is C39H55N7O10S. The molecule has 3 aliphatic heterocycles. The first-order valence-electron chi connectivity index (χ1n) is 16.9. The lowest BCUT2D eigenvalue weighted by Gasteiger charge is -2.02. The van der Waals surface area contributed by atoms with Gasteiger partial charge < -0.3 is 33.7 Å². The summed E-state index contributed by atoms with van der Waals surface area (Å²) < 4.78 is 28.5. The quantitative estimate of drug-likeness (QED) is 0.180. The number of nitrogens with one attached hydrogen (secondary N) is 3. The van der Waals surface area contributed by atoms with E-state index in [2.05, 4.69) is 42.5 Å². The Morgan fingerprint density at radius 2 is 1.46 bits per heavy atom. The molecule has 57 heavy (non-hydrogen) atoms. The monoisotopic (exact) mass is 813 g/mol. The number of oxazole rings is 1. The Morgan fingerprint density at radius 3 is 1.68 bits per heavy atom. The predicted molar refractivity (Wildman–Crippen MR) is 219 cm³/mol. The molecule has 3 aliphatic rings. The second-order valence-corrected chi connectivity index (χ2v) is 12.9. The fourth-order valence-electron chi connectivity index (χ4n) is 3.76. The van der Waals surface area contributed by atoms with E-state index in [1.54, 1.807) is 46.9 Å². The van der Waals surface area contributed by atoms with Crippen LogP contribution in [0.1, 0.15) is 68.1 Å². The van der Waals surface area contributed by atoms with Crippen LogP contribution < -0.4 is 27.3 Å². The van der Waals surface area contributed by atoms with Crippen molar-refractivity contribution in [2.75, 3.05) is 6.54 Å². The highest BCUT2D eigenvalue weighted by Gasteiger charge is 2.22. The summed E-state index contributed by atoms with van der Waals surface area (Å²) in [6.45, 7) is 25.8. The topological polar surface area (TPSA) is 234 Å². The van der Waals surface area contributed by atoms with E-state index in [0.29, 0.717) is 28.5 Å². The minimum Gasteiger partial charge on any atom is -0.508 e. The summed E-state index contributed by atoms with van der Waals surface area (Å²) in [4.78, 5) is 59.6. The fourth-order valence-corrected chi connectivity index (χ4v) is 4.31. The first-order valence-corrected chi connectivity index (χ1v) is 17.7. The van der Waals surface area contributed by atoms with Crippen LogP contribution >= 0.6 is 11.7 Å². The van der Waals surface area contributed by atoms with Gasteiger partial charge in [-0.3, -0.25) is 29.1 Å². The number of rotatable bonds is 0. The summed E-state index contributed by atoms with van der Waals surface area (Å²) >= 11 is 1.27. The van der Waals surface area contributed by atoms with Gasteiger partial charge in [-0.1, -0.05) is 14.0 Å². The molecule has 2 unspecified atom stereocenters. The third-order valence-electron chi connectivity index (χ3n) is 7.02. The summed E-state index contributed by atoms with van der Waals surface area (Å²) in [5, 5.41) is 13.9. The minimum absolute atomic E-state index is 0. The van der Waals surface area contributed by atoms with E-state index < -0.39 is 0 Å². The molecule has 17 nitrogen and oxygen atoms in total. The Hall–Kier alpha value is -6.30. The largest absolute Gasteiger partial charge is 0.508 e. The number of carbonyl (C=O) groups is 2. The Kier molecular flexibility index (Phi) is 22.2. The van der Waals surface area contributed by atoms with E-state index >= 15 is 0 Å². The van der Waals surface area contributed by atoms with Crippen molar-refractivity contribution in [1.82, 2.24) is 33.9 Å². The van der Waals surface area contributed by atoms with Crippen molar-refractivity contribution in [2.45, 2.75) is 88.9 Å². The van der Waals surface area contributed by atoms with Crippen molar-refractivity contribution in [2.24, 2.45) is 7.05 Å². The summed E-state index contributed by atoms with van der Waals surface area (Å²) in [6, 6.07) is 1.38. The number of carbonyl (C=O) groups excluding carboxylic acids is 2. The van der Waals surface area contributed by atoms with Crippen LogP contribution in [0.4, 0.5) is 0 Å². The van der Waals surface area contributed by atoms with Crippen LogP contribution in [0.2, 0.25) is 0 Å². The van der Waals surface area contributed by atoms with E-state index in [9.17, 15) is 24.0 Å². The van der Waals surface area contributed by atoms with Crippen LogP contribution in [-0.2, 0) is 26.1 Å². The average Bonchev–Trinajstić information content (AvgIpc) is 3.93. The maximum absolute atomic E-state index is 10.9. The van der Waals surface area contributed by atoms with Crippen molar-refractivity contribution in [3.8, 4) is 0 Å². The van der Waals surface area contributed by atoms with Crippen molar-refractivity contribution in [3.05, 3.63) is 144 Å². The van der Waals surface area contributed by atoms with Crippen LogP contribution in [0.25, 0.3) is 0 Å². The number of amides is 2. The van der Waals surface area contributed by atoms with Gasteiger partial charge in [0.05, 0.1) is 41.8 Å². The van der Waals surface area contributed by atoms with E-state index in [-0.39, 0.29) is 53.9 Å². The molecule has 7 heterocycles. The van der Waals surface area contributed by atoms with Crippen molar-refractivity contribution in [1.29, 1.82) is 0 Å². The number of aromatic amines is 1. The lowest BCUT2D eigenvalue weighted by atomic mass is 10.2. The van der Waals surface area contributed by atoms with Crippen LogP contribution in [-0.4, -0.2) is 59.0 Å². The Labute approximate surface area is 336 Å². The maximum Gasteiger partial charge on any atom is 0.328 e. The van der Waals surface area contributed by atoms with Gasteiger partial charge in [-0.15, -0.1) is 0 Å². The summed E-state index contributed by atoms with van der Waals surface area (Å²) in [5.74, 6) is 2.68. The molecule has 4 aromatic heterocycles. The number of aromatic nitrogens is 5. The molecule has 2 atom stereocenters. The second kappa shape index (κ2) is 25.0. The zero-order valence-corrected chi connectivity index (χ0v) is 34.4. The lowest BCUT2D eigenvalue weighted by Crippen LogP contribution is -2.32. The summed E-state index contributed by atoms with van der Waals surface area (Å²) in [5.41, 5.74) is 4.55. The molecule has 0 aliphatic carbocycles. The van der Waals surface area contributed by atoms with Gasteiger partial charge in [0.1, 0.15) is 17.3 Å². The number of H-pyrrole nitrogens is 1. The number of hydrogen-bond acceptors (Lipinski definition) is 14. The molecule has 0 spiro atoms. The van der Waals surface area contributed by atoms with Crippen LogP contribution in [0.5, 0.6) is 0 Å². The lowest BCUT2D eigenvalue weighted by molar-refractivity contribution is -0.122. The molecule has 0 radical (unpaired) electrons. The molecule has 0 saturated carbocycles. The molecule has 312 valence electrons. The van der Waals surface area contributed by atoms with Crippen molar-refractivity contribution < 1.29 is 33.0 Å². The average molecular weight is 814 g/mol. The number of allylic oxidation sites excluding steroid dienone is 1. The van der Waals surface area contributed by atoms with E-state index in [1.807, 2.05) is 34.6 Å². The van der Waals surface area contributed by atoms with E-state index in [4.69, 9.17) is 23.4 Å². The van der Waals surface area contributed by atoms with Gasteiger partial charge in [-0.05, 0) is 74.5 Å². The zero-order chi connectivity index (χ0) is 42.7. The smallest absolute Gasteiger partial charge is 0.328 e. The molecule has 7 rings (SSSR count). The summed E-state index contributed by atoms with van der Waals surface area (Å²) in [6.07, 6.45) is 7.19. The number of ether oxygens (including phenoxy) is 2. The highest BCUT2D eigenvalue weighted by molar-refractivity contribution is 6.99. The highest BCUT2D eigenvalue weighted by Crippen LogP contribution is 2.17. The first kappa shape index (κ1) is 50.7. The van der Waals surface area contributed by atoms with Gasteiger partial charge in [-0.2, -0.15) is 8.75 Å². The molecule has 4 aromatic rings.